The molecule has 0 aliphatic carbocycles. The summed E-state index contributed by atoms with van der Waals surface area (Å²) in [5, 5.41) is 25.2. The molecule has 0 aliphatic rings. The molecule has 8 heteroatoms. The molecule has 1 unspecified atom stereocenters. The van der Waals surface area contributed by atoms with Crippen molar-refractivity contribution in [1.82, 2.24) is 0 Å². The average Bonchev–Trinajstić information content (AvgIpc) is 2.63. The molecular formula is C18H22N4O4. The van der Waals surface area contributed by atoms with Gasteiger partial charge in [0.2, 0.25) is 6.29 Å². The number of nitrogens with one attached hydrogen (secondary N) is 1. The molecule has 1 atom stereocenters. The molecule has 138 valence electrons. The highest BCUT2D eigenvalue weighted by Gasteiger charge is 2.17. The first kappa shape index (κ1) is 19.4. The summed E-state index contributed by atoms with van der Waals surface area (Å²) in [5.74, 6) is 0. The minimum absolute atomic E-state index is 0.0359. The summed E-state index contributed by atoms with van der Waals surface area (Å²) in [6, 6.07) is 13.3. The Bertz CT molecular complexity index is 758. The van der Waals surface area contributed by atoms with Crippen LogP contribution in [0.25, 0.3) is 0 Å². The summed E-state index contributed by atoms with van der Waals surface area (Å²) < 4.78 is 5.22. The Morgan fingerprint density at radius 3 is 2.35 bits per heavy atom. The Balaban J connectivity index is 2.25. The molecule has 0 heterocycles. The van der Waals surface area contributed by atoms with E-state index in [1.165, 1.54) is 24.3 Å². The fraction of sp³-hybridized carbons (Fsp3) is 0.278. The number of benzene rings is 2. The Morgan fingerprint density at radius 1 is 1.23 bits per heavy atom. The standard InChI is InChI=1S/C18H22N4O4/c1-4-26-18(23)17(13-5-9-16(10-6-13)22(24)25)20-19-14-7-11-15(12-8-14)21(2)3/h5-12,18-19,23H,4H2,1-3H3/b20-17-. The van der Waals surface area contributed by atoms with Gasteiger partial charge in [0, 0.05) is 44.1 Å². The number of rotatable bonds is 8. The number of hydrazone groups is 1. The van der Waals surface area contributed by atoms with Crippen LogP contribution in [0.15, 0.2) is 53.6 Å². The van der Waals surface area contributed by atoms with Gasteiger partial charge < -0.3 is 14.7 Å². The second kappa shape index (κ2) is 8.93. The third-order valence-corrected chi connectivity index (χ3v) is 3.62. The number of aliphatic hydroxyl groups excluding tert-OH is 1. The summed E-state index contributed by atoms with van der Waals surface area (Å²) in [6.07, 6.45) is -1.25. The van der Waals surface area contributed by atoms with Gasteiger partial charge in [-0.1, -0.05) is 0 Å². The number of nitro benzene ring substituents is 1. The normalized spacial score (nSPS) is 12.5. The van der Waals surface area contributed by atoms with Crippen molar-refractivity contribution in [2.75, 3.05) is 31.0 Å². The maximum atomic E-state index is 10.8. The smallest absolute Gasteiger partial charge is 0.269 e. The van der Waals surface area contributed by atoms with Crippen LogP contribution in [0.2, 0.25) is 0 Å². The van der Waals surface area contributed by atoms with E-state index in [1.54, 1.807) is 6.92 Å². The summed E-state index contributed by atoms with van der Waals surface area (Å²) in [7, 11) is 3.90. The van der Waals surface area contributed by atoms with E-state index in [0.29, 0.717) is 12.2 Å². The molecule has 2 aromatic rings. The van der Waals surface area contributed by atoms with Crippen molar-refractivity contribution in [2.45, 2.75) is 13.2 Å². The van der Waals surface area contributed by atoms with Gasteiger partial charge in [0.15, 0.2) is 0 Å². The van der Waals surface area contributed by atoms with Gasteiger partial charge in [0.25, 0.3) is 5.69 Å². The molecular weight excluding hydrogens is 336 g/mol. The van der Waals surface area contributed by atoms with E-state index in [-0.39, 0.29) is 11.4 Å². The number of non-ortho nitro benzene ring substituents is 1. The highest BCUT2D eigenvalue weighted by Crippen LogP contribution is 2.17. The molecule has 0 bridgehead atoms. The number of aliphatic hydroxyl groups is 1. The topological polar surface area (TPSA) is 100 Å². The second-order valence-electron chi connectivity index (χ2n) is 5.66. The average molecular weight is 358 g/mol. The number of hydrogen-bond donors (Lipinski definition) is 2. The Hall–Kier alpha value is -2.97. The minimum atomic E-state index is -1.25. The lowest BCUT2D eigenvalue weighted by atomic mass is 10.1. The number of nitrogens with zero attached hydrogens (tertiary/aromatic N) is 3. The monoisotopic (exact) mass is 358 g/mol. The predicted molar refractivity (Wildman–Crippen MR) is 102 cm³/mol. The van der Waals surface area contributed by atoms with E-state index < -0.39 is 11.2 Å². The van der Waals surface area contributed by atoms with Gasteiger partial charge in [-0.2, -0.15) is 5.10 Å². The van der Waals surface area contributed by atoms with E-state index in [0.717, 1.165) is 11.4 Å². The first-order valence-electron chi connectivity index (χ1n) is 8.08. The van der Waals surface area contributed by atoms with Crippen molar-refractivity contribution in [2.24, 2.45) is 5.10 Å². The highest BCUT2D eigenvalue weighted by molar-refractivity contribution is 6.03. The van der Waals surface area contributed by atoms with Crippen molar-refractivity contribution in [3.63, 3.8) is 0 Å². The Labute approximate surface area is 151 Å². The molecule has 0 aliphatic heterocycles. The maximum Gasteiger partial charge on any atom is 0.269 e. The van der Waals surface area contributed by atoms with Crippen LogP contribution in [-0.4, -0.2) is 42.7 Å². The van der Waals surface area contributed by atoms with E-state index in [4.69, 9.17) is 4.74 Å². The van der Waals surface area contributed by atoms with E-state index in [9.17, 15) is 15.2 Å². The highest BCUT2D eigenvalue weighted by atomic mass is 16.6. The van der Waals surface area contributed by atoms with Gasteiger partial charge in [0.1, 0.15) is 5.71 Å². The molecule has 0 fully saturated rings. The van der Waals surface area contributed by atoms with Crippen LogP contribution in [0.4, 0.5) is 17.1 Å². The quantitative estimate of drug-likeness (QED) is 0.326. The molecule has 0 saturated carbocycles. The van der Waals surface area contributed by atoms with Crippen molar-refractivity contribution < 1.29 is 14.8 Å². The molecule has 0 amide bonds. The van der Waals surface area contributed by atoms with Crippen molar-refractivity contribution in [3.05, 3.63) is 64.2 Å². The lowest BCUT2D eigenvalue weighted by Gasteiger charge is -2.15. The first-order valence-corrected chi connectivity index (χ1v) is 8.08. The second-order valence-corrected chi connectivity index (χ2v) is 5.66. The van der Waals surface area contributed by atoms with E-state index >= 15 is 0 Å². The van der Waals surface area contributed by atoms with Gasteiger partial charge in [0.05, 0.1) is 10.6 Å². The fourth-order valence-electron chi connectivity index (χ4n) is 2.21. The van der Waals surface area contributed by atoms with Crippen molar-refractivity contribution in [1.29, 1.82) is 0 Å². The van der Waals surface area contributed by atoms with Crippen LogP contribution in [0.1, 0.15) is 12.5 Å². The van der Waals surface area contributed by atoms with Crippen molar-refractivity contribution >= 4 is 22.8 Å². The number of hydrogen-bond acceptors (Lipinski definition) is 7. The molecule has 0 aromatic heterocycles. The number of nitro groups is 1. The zero-order valence-corrected chi connectivity index (χ0v) is 14.9. The zero-order valence-electron chi connectivity index (χ0n) is 14.9. The van der Waals surface area contributed by atoms with E-state index in [1.807, 2.05) is 43.3 Å². The van der Waals surface area contributed by atoms with Gasteiger partial charge >= 0.3 is 0 Å². The summed E-state index contributed by atoms with van der Waals surface area (Å²) in [4.78, 5) is 12.3. The van der Waals surface area contributed by atoms with Crippen molar-refractivity contribution in [3.8, 4) is 0 Å². The molecule has 0 spiro atoms. The molecule has 8 nitrogen and oxygen atoms in total. The molecule has 2 aromatic carbocycles. The largest absolute Gasteiger partial charge is 0.378 e. The molecule has 0 radical (unpaired) electrons. The van der Waals surface area contributed by atoms with Crippen LogP contribution in [0.3, 0.4) is 0 Å². The first-order chi connectivity index (χ1) is 12.4. The Kier molecular flexibility index (Phi) is 6.65. The molecule has 2 rings (SSSR count). The van der Waals surface area contributed by atoms with E-state index in [2.05, 4.69) is 10.5 Å². The summed E-state index contributed by atoms with van der Waals surface area (Å²) >= 11 is 0. The van der Waals surface area contributed by atoms with Crippen LogP contribution in [-0.2, 0) is 4.74 Å². The van der Waals surface area contributed by atoms with Gasteiger partial charge in [-0.15, -0.1) is 0 Å². The molecule has 2 N–H and O–H groups in total. The number of anilines is 2. The van der Waals surface area contributed by atoms with Crippen LogP contribution < -0.4 is 10.3 Å². The lowest BCUT2D eigenvalue weighted by molar-refractivity contribution is -0.384. The summed E-state index contributed by atoms with van der Waals surface area (Å²) in [5.41, 5.74) is 5.38. The predicted octanol–water partition coefficient (Wildman–Crippen LogP) is 2.83. The van der Waals surface area contributed by atoms with Gasteiger partial charge in [-0.3, -0.25) is 15.5 Å². The zero-order chi connectivity index (χ0) is 19.1. The minimum Gasteiger partial charge on any atom is -0.378 e. The van der Waals surface area contributed by atoms with Crippen LogP contribution in [0, 0.1) is 10.1 Å². The fourth-order valence-corrected chi connectivity index (χ4v) is 2.21. The molecule has 0 saturated heterocycles. The van der Waals surface area contributed by atoms with Gasteiger partial charge in [-0.05, 0) is 43.3 Å². The third-order valence-electron chi connectivity index (χ3n) is 3.62. The van der Waals surface area contributed by atoms with Gasteiger partial charge in [-0.25, -0.2) is 0 Å². The maximum absolute atomic E-state index is 10.8. The molecule has 26 heavy (non-hydrogen) atoms. The third kappa shape index (κ3) is 5.01. The number of ether oxygens (including phenoxy) is 1. The SMILES string of the molecule is CCOC(O)/C(=N\Nc1ccc(N(C)C)cc1)c1ccc([N+](=O)[O-])cc1. The lowest BCUT2D eigenvalue weighted by Crippen LogP contribution is -2.26. The van der Waals surface area contributed by atoms with Crippen LogP contribution >= 0.6 is 0 Å². The van der Waals surface area contributed by atoms with Crippen LogP contribution in [0.5, 0.6) is 0 Å². The summed E-state index contributed by atoms with van der Waals surface area (Å²) in [6.45, 7) is 2.05. The Morgan fingerprint density at radius 2 is 1.85 bits per heavy atom.